The van der Waals surface area contributed by atoms with Crippen molar-refractivity contribution in [1.29, 1.82) is 0 Å². The summed E-state index contributed by atoms with van der Waals surface area (Å²) in [7, 11) is 0. The van der Waals surface area contributed by atoms with Crippen molar-refractivity contribution in [3.8, 4) is 0 Å². The van der Waals surface area contributed by atoms with Crippen molar-refractivity contribution in [2.45, 2.75) is 25.8 Å². The Hall–Kier alpha value is -1.59. The smallest absolute Gasteiger partial charge is 0.243 e. The van der Waals surface area contributed by atoms with Gasteiger partial charge in [-0.05, 0) is 31.9 Å². The largest absolute Gasteiger partial charge is 0.397 e. The predicted octanol–water partition coefficient (Wildman–Crippen LogP) is 1.62. The minimum absolute atomic E-state index is 0.102. The molecule has 0 radical (unpaired) electrons. The number of anilines is 2. The van der Waals surface area contributed by atoms with Crippen molar-refractivity contribution in [3.05, 3.63) is 24.3 Å². The number of nitrogens with two attached hydrogens (primary N) is 1. The first-order valence-electron chi connectivity index (χ1n) is 6.23. The second kappa shape index (κ2) is 5.84. The molecule has 1 aliphatic rings. The van der Waals surface area contributed by atoms with E-state index in [9.17, 15) is 4.79 Å². The Morgan fingerprint density at radius 2 is 2.22 bits per heavy atom. The topological polar surface area (TPSA) is 67.6 Å². The molecule has 1 atom stereocenters. The van der Waals surface area contributed by atoms with E-state index < -0.39 is 0 Å². The normalized spacial score (nSPS) is 18.3. The van der Waals surface area contributed by atoms with Gasteiger partial charge >= 0.3 is 0 Å². The summed E-state index contributed by atoms with van der Waals surface area (Å²) in [5, 5.41) is 4.56. The molecule has 1 aliphatic heterocycles. The fraction of sp³-hybridized carbons (Fsp3) is 0.462. The summed E-state index contributed by atoms with van der Waals surface area (Å²) >= 11 is 0. The van der Waals surface area contributed by atoms with Crippen molar-refractivity contribution in [3.63, 3.8) is 0 Å². The van der Waals surface area contributed by atoms with Gasteiger partial charge in [0.05, 0.1) is 18.0 Å². The number of benzene rings is 1. The Morgan fingerprint density at radius 3 is 2.89 bits per heavy atom. The van der Waals surface area contributed by atoms with Crippen LogP contribution in [0.25, 0.3) is 0 Å². The molecule has 1 heterocycles. The van der Waals surface area contributed by atoms with Gasteiger partial charge in [0, 0.05) is 6.54 Å². The van der Waals surface area contributed by atoms with Gasteiger partial charge in [-0.15, -0.1) is 0 Å². The number of carbonyl (C=O) groups is 1. The van der Waals surface area contributed by atoms with Crippen LogP contribution in [0, 0.1) is 0 Å². The molecule has 1 unspecified atom stereocenters. The SMILES string of the molecule is CC(C(=O)Nc1ccccc1N)N1CCCCO1. The minimum atomic E-state index is -0.315. The molecule has 1 fully saturated rings. The van der Waals surface area contributed by atoms with Gasteiger partial charge in [0.15, 0.2) is 0 Å². The Balaban J connectivity index is 1.97. The van der Waals surface area contributed by atoms with Crippen LogP contribution in [0.2, 0.25) is 0 Å². The molecule has 1 aromatic carbocycles. The van der Waals surface area contributed by atoms with Gasteiger partial charge in [-0.2, -0.15) is 5.06 Å². The summed E-state index contributed by atoms with van der Waals surface area (Å²) in [6.45, 7) is 3.31. The summed E-state index contributed by atoms with van der Waals surface area (Å²) in [6, 6.07) is 6.91. The quantitative estimate of drug-likeness (QED) is 0.799. The van der Waals surface area contributed by atoms with Crippen molar-refractivity contribution >= 4 is 17.3 Å². The molecule has 0 aromatic heterocycles. The van der Waals surface area contributed by atoms with Gasteiger partial charge in [-0.25, -0.2) is 0 Å². The maximum Gasteiger partial charge on any atom is 0.243 e. The number of hydrogen-bond donors (Lipinski definition) is 2. The molecule has 1 saturated heterocycles. The minimum Gasteiger partial charge on any atom is -0.397 e. The first-order valence-corrected chi connectivity index (χ1v) is 6.23. The average molecular weight is 249 g/mol. The first-order chi connectivity index (χ1) is 8.68. The van der Waals surface area contributed by atoms with Crippen LogP contribution >= 0.6 is 0 Å². The standard InChI is InChI=1S/C13H19N3O2/c1-10(16-8-4-5-9-18-16)13(17)15-12-7-3-2-6-11(12)14/h2-3,6-7,10H,4-5,8-9,14H2,1H3,(H,15,17). The number of nitrogen functional groups attached to an aromatic ring is 1. The van der Waals surface area contributed by atoms with Gasteiger partial charge in [-0.3, -0.25) is 9.63 Å². The highest BCUT2D eigenvalue weighted by molar-refractivity contribution is 5.96. The molecule has 0 saturated carbocycles. The number of nitrogens with one attached hydrogen (secondary N) is 1. The fourth-order valence-electron chi connectivity index (χ4n) is 1.90. The number of hydroxylamine groups is 2. The lowest BCUT2D eigenvalue weighted by atomic mass is 10.2. The summed E-state index contributed by atoms with van der Waals surface area (Å²) in [4.78, 5) is 17.5. The summed E-state index contributed by atoms with van der Waals surface area (Å²) in [5.74, 6) is -0.102. The highest BCUT2D eigenvalue weighted by Gasteiger charge is 2.24. The van der Waals surface area contributed by atoms with Crippen LogP contribution in [0.3, 0.4) is 0 Å². The van der Waals surface area contributed by atoms with Crippen LogP contribution in [0.1, 0.15) is 19.8 Å². The fourth-order valence-corrected chi connectivity index (χ4v) is 1.90. The second-order valence-electron chi connectivity index (χ2n) is 4.43. The monoisotopic (exact) mass is 249 g/mol. The van der Waals surface area contributed by atoms with E-state index in [1.807, 2.05) is 19.1 Å². The molecule has 0 bridgehead atoms. The zero-order chi connectivity index (χ0) is 13.0. The molecule has 5 heteroatoms. The van der Waals surface area contributed by atoms with E-state index in [1.165, 1.54) is 0 Å². The molecule has 18 heavy (non-hydrogen) atoms. The summed E-state index contributed by atoms with van der Waals surface area (Å²) in [6.07, 6.45) is 2.11. The Kier molecular flexibility index (Phi) is 4.17. The molecule has 5 nitrogen and oxygen atoms in total. The molecule has 0 spiro atoms. The number of rotatable bonds is 3. The Bertz CT molecular complexity index is 416. The number of para-hydroxylation sites is 2. The Labute approximate surface area is 107 Å². The van der Waals surface area contributed by atoms with Crippen LogP contribution in [0.5, 0.6) is 0 Å². The zero-order valence-corrected chi connectivity index (χ0v) is 10.6. The average Bonchev–Trinajstić information content (AvgIpc) is 2.41. The van der Waals surface area contributed by atoms with E-state index in [-0.39, 0.29) is 11.9 Å². The van der Waals surface area contributed by atoms with E-state index in [1.54, 1.807) is 17.2 Å². The van der Waals surface area contributed by atoms with E-state index in [0.717, 1.165) is 19.4 Å². The maximum atomic E-state index is 12.1. The molecule has 3 N–H and O–H groups in total. The van der Waals surface area contributed by atoms with E-state index >= 15 is 0 Å². The number of nitrogens with zero attached hydrogens (tertiary/aromatic N) is 1. The first kappa shape index (κ1) is 12.9. The van der Waals surface area contributed by atoms with E-state index in [0.29, 0.717) is 18.0 Å². The molecule has 2 rings (SSSR count). The zero-order valence-electron chi connectivity index (χ0n) is 10.6. The summed E-state index contributed by atoms with van der Waals surface area (Å²) in [5.41, 5.74) is 7.00. The third-order valence-corrected chi connectivity index (χ3v) is 3.06. The van der Waals surface area contributed by atoms with Gasteiger partial charge in [0.2, 0.25) is 5.91 Å². The van der Waals surface area contributed by atoms with Crippen molar-refractivity contribution < 1.29 is 9.63 Å². The number of amides is 1. The molecule has 1 aromatic rings. The van der Waals surface area contributed by atoms with Crippen LogP contribution in [-0.2, 0) is 9.63 Å². The van der Waals surface area contributed by atoms with Crippen LogP contribution < -0.4 is 11.1 Å². The van der Waals surface area contributed by atoms with Crippen molar-refractivity contribution in [1.82, 2.24) is 5.06 Å². The van der Waals surface area contributed by atoms with Crippen LogP contribution in [0.15, 0.2) is 24.3 Å². The molecule has 98 valence electrons. The lowest BCUT2D eigenvalue weighted by Gasteiger charge is -2.30. The maximum absolute atomic E-state index is 12.1. The Morgan fingerprint density at radius 1 is 1.44 bits per heavy atom. The lowest BCUT2D eigenvalue weighted by molar-refractivity contribution is -0.202. The van der Waals surface area contributed by atoms with Gasteiger partial charge < -0.3 is 11.1 Å². The number of hydrogen-bond acceptors (Lipinski definition) is 4. The number of carbonyl (C=O) groups excluding carboxylic acids is 1. The van der Waals surface area contributed by atoms with Crippen molar-refractivity contribution in [2.24, 2.45) is 0 Å². The lowest BCUT2D eigenvalue weighted by Crippen LogP contribution is -2.44. The molecular weight excluding hydrogens is 230 g/mol. The molecular formula is C13H19N3O2. The highest BCUT2D eigenvalue weighted by atomic mass is 16.7. The van der Waals surface area contributed by atoms with Crippen LogP contribution in [-0.4, -0.2) is 30.2 Å². The van der Waals surface area contributed by atoms with Gasteiger partial charge in [0.25, 0.3) is 0 Å². The second-order valence-corrected chi connectivity index (χ2v) is 4.43. The van der Waals surface area contributed by atoms with Gasteiger partial charge in [0.1, 0.15) is 6.04 Å². The van der Waals surface area contributed by atoms with Crippen molar-refractivity contribution in [2.75, 3.05) is 24.2 Å². The molecule has 1 amide bonds. The summed E-state index contributed by atoms with van der Waals surface area (Å²) < 4.78 is 0. The third kappa shape index (κ3) is 3.00. The molecule has 0 aliphatic carbocycles. The predicted molar refractivity (Wildman–Crippen MR) is 70.8 cm³/mol. The van der Waals surface area contributed by atoms with E-state index in [2.05, 4.69) is 5.32 Å². The third-order valence-electron chi connectivity index (χ3n) is 3.06. The highest BCUT2D eigenvalue weighted by Crippen LogP contribution is 2.18. The van der Waals surface area contributed by atoms with E-state index in [4.69, 9.17) is 10.6 Å². The van der Waals surface area contributed by atoms with Gasteiger partial charge in [-0.1, -0.05) is 12.1 Å². The van der Waals surface area contributed by atoms with Crippen LogP contribution in [0.4, 0.5) is 11.4 Å².